The maximum absolute atomic E-state index is 12.7. The van der Waals surface area contributed by atoms with Gasteiger partial charge in [-0.1, -0.05) is 67.0 Å². The van der Waals surface area contributed by atoms with Crippen molar-refractivity contribution in [3.05, 3.63) is 11.6 Å². The van der Waals surface area contributed by atoms with E-state index in [4.69, 9.17) is 9.47 Å². The van der Waals surface area contributed by atoms with E-state index in [1.54, 1.807) is 0 Å². The summed E-state index contributed by atoms with van der Waals surface area (Å²) in [4.78, 5) is 0. The van der Waals surface area contributed by atoms with Crippen LogP contribution < -0.4 is 0 Å². The molecule has 6 aliphatic rings. The number of fused-ring (bicyclic) bond motifs is 4. The average Bonchev–Trinajstić information content (AvgIpc) is 3.42. The molecule has 0 aromatic rings. The molecule has 5 fully saturated rings. The van der Waals surface area contributed by atoms with Crippen LogP contribution in [0.1, 0.15) is 120 Å². The molecule has 18 atom stereocenters. The number of hydrogen-bond acceptors (Lipinski definition) is 6. The Morgan fingerprint density at radius 1 is 0.957 bits per heavy atom. The molecule has 18 unspecified atom stereocenters. The lowest BCUT2D eigenvalue weighted by Gasteiger charge is -2.72. The van der Waals surface area contributed by atoms with Crippen LogP contribution in [0, 0.1) is 75.4 Å². The number of aliphatic hydroxyl groups is 4. The number of rotatable bonds is 7. The van der Waals surface area contributed by atoms with Crippen LogP contribution in [0.15, 0.2) is 11.6 Å². The summed E-state index contributed by atoms with van der Waals surface area (Å²) in [6.45, 7) is 21.0. The molecule has 4 N–H and O–H groups in total. The molecular formula is C40H68O6. The third-order valence-corrected chi connectivity index (χ3v) is 15.9. The standard InChI is InChI=1S/C40H68O6/c1-21(2)29-16-27(11-12-28(42)14-26-10-13-31-32(15-26)46-20-45-31)23(4)34-30(29)18-38(7)19-39(8)17-22(3)33(25(6)41)37(44)40(39,9)24(5)35(38)36(34)43/h16,21-26,28-37,41-44H,10-15,17-20H2,1-9H3. The van der Waals surface area contributed by atoms with E-state index in [1.165, 1.54) is 5.57 Å². The second-order valence-electron chi connectivity index (χ2n) is 18.9. The highest BCUT2D eigenvalue weighted by molar-refractivity contribution is 5.24. The molecule has 5 aliphatic carbocycles. The van der Waals surface area contributed by atoms with Gasteiger partial charge in [0.1, 0.15) is 6.79 Å². The molecule has 0 aromatic heterocycles. The van der Waals surface area contributed by atoms with Gasteiger partial charge >= 0.3 is 0 Å². The van der Waals surface area contributed by atoms with Crippen LogP contribution in [0.2, 0.25) is 0 Å². The van der Waals surface area contributed by atoms with Gasteiger partial charge in [-0.05, 0) is 129 Å². The van der Waals surface area contributed by atoms with E-state index >= 15 is 0 Å². The average molecular weight is 645 g/mol. The van der Waals surface area contributed by atoms with E-state index in [0.717, 1.165) is 57.8 Å². The van der Waals surface area contributed by atoms with Crippen molar-refractivity contribution in [2.75, 3.05) is 6.79 Å². The van der Waals surface area contributed by atoms with E-state index in [0.29, 0.717) is 30.5 Å². The molecular weight excluding hydrogens is 576 g/mol. The summed E-state index contributed by atoms with van der Waals surface area (Å²) in [6, 6.07) is 0. The first-order valence-electron chi connectivity index (χ1n) is 19.2. The van der Waals surface area contributed by atoms with E-state index in [2.05, 4.69) is 61.5 Å². The molecule has 6 heteroatoms. The minimum Gasteiger partial charge on any atom is -0.393 e. The maximum atomic E-state index is 12.7. The zero-order chi connectivity index (χ0) is 33.5. The number of aliphatic hydroxyl groups excluding tert-OH is 4. The lowest BCUT2D eigenvalue weighted by atomic mass is 9.34. The Hall–Kier alpha value is -0.500. The summed E-state index contributed by atoms with van der Waals surface area (Å²) in [5.41, 5.74) is 0.979. The Labute approximate surface area is 280 Å². The summed E-state index contributed by atoms with van der Waals surface area (Å²) in [5.74, 6) is 2.61. The van der Waals surface area contributed by atoms with Crippen LogP contribution in [-0.2, 0) is 9.47 Å². The Kier molecular flexibility index (Phi) is 9.74. The van der Waals surface area contributed by atoms with Crippen LogP contribution >= 0.6 is 0 Å². The van der Waals surface area contributed by atoms with Crippen LogP contribution in [0.3, 0.4) is 0 Å². The summed E-state index contributed by atoms with van der Waals surface area (Å²) in [6.07, 6.45) is 9.88. The molecule has 0 bridgehead atoms. The molecule has 6 nitrogen and oxygen atoms in total. The quantitative estimate of drug-likeness (QED) is 0.223. The lowest BCUT2D eigenvalue weighted by Crippen LogP contribution is -2.70. The van der Waals surface area contributed by atoms with Crippen molar-refractivity contribution in [1.82, 2.24) is 0 Å². The molecule has 6 rings (SSSR count). The van der Waals surface area contributed by atoms with Crippen molar-refractivity contribution in [1.29, 1.82) is 0 Å². The molecule has 0 spiro atoms. The monoisotopic (exact) mass is 645 g/mol. The van der Waals surface area contributed by atoms with Crippen molar-refractivity contribution >= 4 is 0 Å². The zero-order valence-corrected chi connectivity index (χ0v) is 30.5. The second kappa shape index (κ2) is 12.7. The van der Waals surface area contributed by atoms with E-state index in [9.17, 15) is 20.4 Å². The Morgan fingerprint density at radius 3 is 2.33 bits per heavy atom. The third-order valence-electron chi connectivity index (χ3n) is 15.9. The van der Waals surface area contributed by atoms with Crippen LogP contribution in [0.4, 0.5) is 0 Å². The highest BCUT2D eigenvalue weighted by Crippen LogP contribution is 2.73. The van der Waals surface area contributed by atoms with Gasteiger partial charge in [0.05, 0.1) is 36.6 Å². The molecule has 264 valence electrons. The topological polar surface area (TPSA) is 99.4 Å². The summed E-state index contributed by atoms with van der Waals surface area (Å²) < 4.78 is 11.5. The van der Waals surface area contributed by atoms with Gasteiger partial charge in [-0.2, -0.15) is 0 Å². The fourth-order valence-corrected chi connectivity index (χ4v) is 13.7. The first-order valence-corrected chi connectivity index (χ1v) is 19.2. The highest BCUT2D eigenvalue weighted by Gasteiger charge is 2.70. The molecule has 46 heavy (non-hydrogen) atoms. The van der Waals surface area contributed by atoms with Crippen molar-refractivity contribution in [3.63, 3.8) is 0 Å². The van der Waals surface area contributed by atoms with Crippen molar-refractivity contribution < 1.29 is 29.9 Å². The number of allylic oxidation sites excluding steroid dienone is 2. The maximum Gasteiger partial charge on any atom is 0.147 e. The summed E-state index contributed by atoms with van der Waals surface area (Å²) in [5, 5.41) is 46.8. The second-order valence-corrected chi connectivity index (χ2v) is 18.9. The molecule has 1 aliphatic heterocycles. The van der Waals surface area contributed by atoms with Gasteiger partial charge in [0, 0.05) is 11.3 Å². The smallest absolute Gasteiger partial charge is 0.147 e. The largest absolute Gasteiger partial charge is 0.393 e. The van der Waals surface area contributed by atoms with Gasteiger partial charge in [0.15, 0.2) is 0 Å². The molecule has 0 amide bonds. The fourth-order valence-electron chi connectivity index (χ4n) is 13.7. The normalized spacial score (nSPS) is 53.4. The minimum atomic E-state index is -0.599. The molecule has 0 radical (unpaired) electrons. The first kappa shape index (κ1) is 35.3. The summed E-state index contributed by atoms with van der Waals surface area (Å²) >= 11 is 0. The predicted molar refractivity (Wildman–Crippen MR) is 182 cm³/mol. The van der Waals surface area contributed by atoms with Gasteiger partial charge < -0.3 is 29.9 Å². The van der Waals surface area contributed by atoms with Gasteiger partial charge in [-0.25, -0.2) is 0 Å². The van der Waals surface area contributed by atoms with Gasteiger partial charge in [-0.3, -0.25) is 0 Å². The zero-order valence-electron chi connectivity index (χ0n) is 30.5. The Bertz CT molecular complexity index is 1120. The Balaban J connectivity index is 1.22. The molecule has 4 saturated carbocycles. The van der Waals surface area contributed by atoms with Crippen molar-refractivity contribution in [2.24, 2.45) is 75.4 Å². The molecule has 0 aromatic carbocycles. The van der Waals surface area contributed by atoms with Gasteiger partial charge in [0.2, 0.25) is 0 Å². The number of ether oxygens (including phenoxy) is 2. The number of hydrogen-bond donors (Lipinski definition) is 4. The Morgan fingerprint density at radius 2 is 1.65 bits per heavy atom. The minimum absolute atomic E-state index is 0.00710. The van der Waals surface area contributed by atoms with Gasteiger partial charge in [-0.15, -0.1) is 0 Å². The van der Waals surface area contributed by atoms with E-state index < -0.39 is 18.3 Å². The lowest BCUT2D eigenvalue weighted by molar-refractivity contribution is -0.276. The van der Waals surface area contributed by atoms with E-state index in [1.807, 2.05) is 6.92 Å². The first-order chi connectivity index (χ1) is 21.5. The van der Waals surface area contributed by atoms with E-state index in [-0.39, 0.29) is 70.1 Å². The summed E-state index contributed by atoms with van der Waals surface area (Å²) in [7, 11) is 0. The predicted octanol–water partition coefficient (Wildman–Crippen LogP) is 6.98. The van der Waals surface area contributed by atoms with Gasteiger partial charge in [0.25, 0.3) is 0 Å². The molecule has 1 heterocycles. The van der Waals surface area contributed by atoms with Crippen LogP contribution in [-0.4, -0.2) is 63.8 Å². The van der Waals surface area contributed by atoms with Crippen LogP contribution in [0.25, 0.3) is 0 Å². The third kappa shape index (κ3) is 5.60. The fraction of sp³-hybridized carbons (Fsp3) is 0.950. The molecule has 1 saturated heterocycles. The van der Waals surface area contributed by atoms with Crippen LogP contribution in [0.5, 0.6) is 0 Å². The van der Waals surface area contributed by atoms with Crippen molar-refractivity contribution in [3.8, 4) is 0 Å². The SMILES string of the molecule is CC(C)C1C=C(CCC(O)CC2CCC3OCOC3C2)C(C)C2C(O)C3C(C)C4(C)C(O)C(C(C)O)C(C)CC4(C)CC3(C)CC12. The highest BCUT2D eigenvalue weighted by atomic mass is 16.7. The van der Waals surface area contributed by atoms with Crippen molar-refractivity contribution in [2.45, 2.75) is 157 Å².